The van der Waals surface area contributed by atoms with Gasteiger partial charge in [-0.3, -0.25) is 4.79 Å². The van der Waals surface area contributed by atoms with E-state index in [4.69, 9.17) is 14.2 Å². The predicted molar refractivity (Wildman–Crippen MR) is 99.5 cm³/mol. The lowest BCUT2D eigenvalue weighted by atomic mass is 9.91. The lowest BCUT2D eigenvalue weighted by Crippen LogP contribution is -2.49. The highest BCUT2D eigenvalue weighted by Crippen LogP contribution is 2.27. The molecule has 2 rings (SSSR count). The van der Waals surface area contributed by atoms with Crippen LogP contribution in [0, 0.1) is 11.8 Å². The van der Waals surface area contributed by atoms with Crippen molar-refractivity contribution in [3.05, 3.63) is 18.2 Å². The molecule has 1 aromatic rings. The first-order chi connectivity index (χ1) is 12.9. The summed E-state index contributed by atoms with van der Waals surface area (Å²) in [5, 5.41) is 12.0. The van der Waals surface area contributed by atoms with Crippen LogP contribution in [0.1, 0.15) is 19.8 Å². The molecule has 0 spiro atoms. The summed E-state index contributed by atoms with van der Waals surface area (Å²) < 4.78 is 16.1. The van der Waals surface area contributed by atoms with E-state index in [1.165, 1.54) is 0 Å². The third-order valence-electron chi connectivity index (χ3n) is 4.49. The second-order valence-corrected chi connectivity index (χ2v) is 6.76. The molecule has 8 heteroatoms. The molecular formula is C19H28N2O6. The highest BCUT2D eigenvalue weighted by molar-refractivity contribution is 5.76. The van der Waals surface area contributed by atoms with E-state index in [2.05, 4.69) is 5.32 Å². The predicted octanol–water partition coefficient (Wildman–Crippen LogP) is 2.22. The summed E-state index contributed by atoms with van der Waals surface area (Å²) in [5.41, 5.74) is 0. The second kappa shape index (κ2) is 9.89. The van der Waals surface area contributed by atoms with E-state index in [9.17, 15) is 14.7 Å². The maximum atomic E-state index is 12.3. The quantitative estimate of drug-likeness (QED) is 0.671. The summed E-state index contributed by atoms with van der Waals surface area (Å²) in [5.74, 6) is 0.755. The zero-order valence-corrected chi connectivity index (χ0v) is 16.1. The lowest BCUT2D eigenvalue weighted by Gasteiger charge is -2.34. The molecule has 1 saturated heterocycles. The number of hydrogen-bond donors (Lipinski definition) is 2. The van der Waals surface area contributed by atoms with Gasteiger partial charge in [0.1, 0.15) is 17.2 Å². The molecule has 2 amide bonds. The number of ether oxygens (including phenoxy) is 3. The number of likely N-dealkylation sites (tertiary alicyclic amines) is 1. The smallest absolute Gasteiger partial charge is 0.317 e. The number of nitrogens with zero attached hydrogens (tertiary/aromatic N) is 1. The number of urea groups is 1. The van der Waals surface area contributed by atoms with Gasteiger partial charge in [-0.2, -0.15) is 0 Å². The number of carbonyl (C=O) groups is 2. The van der Waals surface area contributed by atoms with Crippen LogP contribution in [0.5, 0.6) is 17.2 Å². The first-order valence-corrected chi connectivity index (χ1v) is 9.04. The Bertz CT molecular complexity index is 629. The molecule has 0 saturated carbocycles. The van der Waals surface area contributed by atoms with Gasteiger partial charge in [0, 0.05) is 37.8 Å². The van der Waals surface area contributed by atoms with E-state index in [1.54, 1.807) is 37.3 Å². The van der Waals surface area contributed by atoms with E-state index in [0.717, 1.165) is 0 Å². The number of aliphatic carboxylic acids is 1. The van der Waals surface area contributed by atoms with Crippen molar-refractivity contribution >= 4 is 12.0 Å². The first-order valence-electron chi connectivity index (χ1n) is 9.04. The van der Waals surface area contributed by atoms with Gasteiger partial charge in [0.2, 0.25) is 0 Å². The van der Waals surface area contributed by atoms with Crippen LogP contribution in [0.25, 0.3) is 0 Å². The number of carboxylic acids is 1. The number of nitrogens with one attached hydrogen (secondary N) is 1. The fourth-order valence-corrected chi connectivity index (χ4v) is 3.13. The van der Waals surface area contributed by atoms with Gasteiger partial charge in [-0.15, -0.1) is 0 Å². The number of rotatable bonds is 8. The highest BCUT2D eigenvalue weighted by Gasteiger charge is 2.31. The molecule has 1 fully saturated rings. The largest absolute Gasteiger partial charge is 0.496 e. The summed E-state index contributed by atoms with van der Waals surface area (Å²) in [4.78, 5) is 25.0. The SMILES string of the molecule is COc1cc(OC)cc(OCCCNC(=O)N2CC(C)CC(C(=O)O)C2)c1. The van der Waals surface area contributed by atoms with Gasteiger partial charge >= 0.3 is 12.0 Å². The molecule has 0 radical (unpaired) electrons. The number of methoxy groups -OCH3 is 2. The maximum Gasteiger partial charge on any atom is 0.317 e. The van der Waals surface area contributed by atoms with Crippen LogP contribution < -0.4 is 19.5 Å². The zero-order chi connectivity index (χ0) is 19.8. The van der Waals surface area contributed by atoms with Crippen LogP contribution in [0.3, 0.4) is 0 Å². The van der Waals surface area contributed by atoms with Crippen molar-refractivity contribution < 1.29 is 28.9 Å². The molecule has 1 aliphatic rings. The number of amides is 2. The molecule has 2 atom stereocenters. The Labute approximate surface area is 159 Å². The van der Waals surface area contributed by atoms with Crippen molar-refractivity contribution in [3.63, 3.8) is 0 Å². The molecule has 1 heterocycles. The van der Waals surface area contributed by atoms with E-state index in [0.29, 0.717) is 49.8 Å². The van der Waals surface area contributed by atoms with Gasteiger partial charge in [0.15, 0.2) is 0 Å². The van der Waals surface area contributed by atoms with Gasteiger partial charge in [0.05, 0.1) is 26.7 Å². The Morgan fingerprint density at radius 2 is 1.78 bits per heavy atom. The monoisotopic (exact) mass is 380 g/mol. The average molecular weight is 380 g/mol. The fourth-order valence-electron chi connectivity index (χ4n) is 3.13. The zero-order valence-electron chi connectivity index (χ0n) is 16.1. The fraction of sp³-hybridized carbons (Fsp3) is 0.579. The minimum Gasteiger partial charge on any atom is -0.496 e. The molecule has 150 valence electrons. The molecule has 1 aliphatic heterocycles. The Balaban J connectivity index is 1.73. The third-order valence-corrected chi connectivity index (χ3v) is 4.49. The van der Waals surface area contributed by atoms with Crippen LogP contribution in [-0.4, -0.2) is 62.5 Å². The molecule has 2 unspecified atom stereocenters. The minimum absolute atomic E-state index is 0.178. The number of benzene rings is 1. The molecule has 27 heavy (non-hydrogen) atoms. The van der Waals surface area contributed by atoms with Crippen LogP contribution in [0.4, 0.5) is 4.79 Å². The number of hydrogen-bond acceptors (Lipinski definition) is 5. The summed E-state index contributed by atoms with van der Waals surface area (Å²) in [6, 6.07) is 5.07. The van der Waals surface area contributed by atoms with Crippen molar-refractivity contribution in [2.75, 3.05) is 40.5 Å². The van der Waals surface area contributed by atoms with Crippen LogP contribution >= 0.6 is 0 Å². The van der Waals surface area contributed by atoms with Crippen molar-refractivity contribution in [3.8, 4) is 17.2 Å². The van der Waals surface area contributed by atoms with Crippen molar-refractivity contribution in [2.24, 2.45) is 11.8 Å². The lowest BCUT2D eigenvalue weighted by molar-refractivity contribution is -0.143. The van der Waals surface area contributed by atoms with Gasteiger partial charge in [-0.25, -0.2) is 4.79 Å². The van der Waals surface area contributed by atoms with E-state index in [1.807, 2.05) is 6.92 Å². The molecular weight excluding hydrogens is 352 g/mol. The van der Waals surface area contributed by atoms with E-state index in [-0.39, 0.29) is 18.5 Å². The van der Waals surface area contributed by atoms with Gasteiger partial charge in [-0.1, -0.05) is 6.92 Å². The second-order valence-electron chi connectivity index (χ2n) is 6.76. The van der Waals surface area contributed by atoms with Crippen molar-refractivity contribution in [2.45, 2.75) is 19.8 Å². The third kappa shape index (κ3) is 6.23. The number of carbonyl (C=O) groups excluding carboxylic acids is 1. The first kappa shape index (κ1) is 20.7. The molecule has 0 aliphatic carbocycles. The topological polar surface area (TPSA) is 97.3 Å². The van der Waals surface area contributed by atoms with Crippen molar-refractivity contribution in [1.29, 1.82) is 0 Å². The Morgan fingerprint density at radius 1 is 1.15 bits per heavy atom. The van der Waals surface area contributed by atoms with Gasteiger partial charge in [-0.05, 0) is 18.8 Å². The molecule has 0 aromatic heterocycles. The highest BCUT2D eigenvalue weighted by atomic mass is 16.5. The van der Waals surface area contributed by atoms with Gasteiger partial charge < -0.3 is 29.5 Å². The van der Waals surface area contributed by atoms with E-state index >= 15 is 0 Å². The summed E-state index contributed by atoms with van der Waals surface area (Å²) >= 11 is 0. The summed E-state index contributed by atoms with van der Waals surface area (Å²) in [7, 11) is 3.15. The Kier molecular flexibility index (Phi) is 7.57. The number of piperidine rings is 1. The summed E-state index contributed by atoms with van der Waals surface area (Å²) in [6.45, 7) is 3.67. The van der Waals surface area contributed by atoms with Crippen LogP contribution in [0.2, 0.25) is 0 Å². The summed E-state index contributed by atoms with van der Waals surface area (Å²) in [6.07, 6.45) is 1.23. The molecule has 8 nitrogen and oxygen atoms in total. The molecule has 0 bridgehead atoms. The van der Waals surface area contributed by atoms with Crippen molar-refractivity contribution in [1.82, 2.24) is 10.2 Å². The average Bonchev–Trinajstić information content (AvgIpc) is 2.66. The Morgan fingerprint density at radius 3 is 2.37 bits per heavy atom. The minimum atomic E-state index is -0.846. The van der Waals surface area contributed by atoms with Gasteiger partial charge in [0.25, 0.3) is 0 Å². The van der Waals surface area contributed by atoms with E-state index < -0.39 is 11.9 Å². The van der Waals surface area contributed by atoms with Crippen LogP contribution in [0.15, 0.2) is 18.2 Å². The van der Waals surface area contributed by atoms with Crippen LogP contribution in [-0.2, 0) is 4.79 Å². The normalized spacial score (nSPS) is 19.3. The maximum absolute atomic E-state index is 12.3. The molecule has 2 N–H and O–H groups in total. The number of carboxylic acid groups (broad SMARTS) is 1. The molecule has 1 aromatic carbocycles. The Hall–Kier alpha value is -2.64. The standard InChI is InChI=1S/C19H28N2O6/c1-13-7-14(18(22)23)12-21(11-13)19(24)20-5-4-6-27-17-9-15(25-2)8-16(10-17)26-3/h8-10,13-14H,4-7,11-12H2,1-3H3,(H,20,24)(H,22,23).